The van der Waals surface area contributed by atoms with Crippen LogP contribution < -0.4 is 10.6 Å². The van der Waals surface area contributed by atoms with E-state index in [1.165, 1.54) is 6.26 Å². The summed E-state index contributed by atoms with van der Waals surface area (Å²) < 4.78 is 5.11. The molecule has 0 saturated carbocycles. The Morgan fingerprint density at radius 1 is 1.09 bits per heavy atom. The van der Waals surface area contributed by atoms with Crippen LogP contribution in [0.1, 0.15) is 21.9 Å². The fraction of sp³-hybridized carbons (Fsp3) is 0.160. The second-order valence-electron chi connectivity index (χ2n) is 7.49. The Labute approximate surface area is 192 Å². The second kappa shape index (κ2) is 10.3. The third kappa shape index (κ3) is 5.68. The molecule has 168 valence electrons. The van der Waals surface area contributed by atoms with Crippen molar-refractivity contribution in [2.75, 3.05) is 19.4 Å². The summed E-state index contributed by atoms with van der Waals surface area (Å²) in [5.41, 5.74) is 3.85. The van der Waals surface area contributed by atoms with Crippen LogP contribution in [0.5, 0.6) is 0 Å². The van der Waals surface area contributed by atoms with Gasteiger partial charge in [0.15, 0.2) is 11.7 Å². The molecule has 3 N–H and O–H groups in total. The van der Waals surface area contributed by atoms with E-state index in [2.05, 4.69) is 37.7 Å². The number of imidazole rings is 1. The molecule has 33 heavy (non-hydrogen) atoms. The predicted molar refractivity (Wildman–Crippen MR) is 129 cm³/mol. The summed E-state index contributed by atoms with van der Waals surface area (Å²) >= 11 is 0. The number of H-pyrrole nitrogens is 1. The van der Waals surface area contributed by atoms with Crippen LogP contribution in [0.25, 0.3) is 11.3 Å². The summed E-state index contributed by atoms with van der Waals surface area (Å²) in [5, 5.41) is 6.17. The maximum absolute atomic E-state index is 12.1. The molecule has 0 aliphatic carbocycles. The van der Waals surface area contributed by atoms with Crippen LogP contribution in [0.15, 0.2) is 88.6 Å². The SMILES string of the molecule is CN=C(NCc1ccc(NC(=O)c2ccco2)cc1)N(C)Cc1ncc(-c2ccccc2)[nH]1. The standard InChI is InChI=1S/C25H26N6O2/c1-26-25(31(2)17-23-27-16-21(30-23)19-7-4-3-5-8-19)28-15-18-10-12-20(13-11-18)29-24(32)22-9-6-14-33-22/h3-14,16H,15,17H2,1-2H3,(H,26,28)(H,27,30)(H,29,32). The van der Waals surface area contributed by atoms with Crippen molar-refractivity contribution in [1.82, 2.24) is 20.2 Å². The molecule has 0 aliphatic heterocycles. The van der Waals surface area contributed by atoms with E-state index >= 15 is 0 Å². The van der Waals surface area contributed by atoms with Crippen molar-refractivity contribution in [3.8, 4) is 11.3 Å². The van der Waals surface area contributed by atoms with Crippen LogP contribution in [-0.2, 0) is 13.1 Å². The van der Waals surface area contributed by atoms with Gasteiger partial charge >= 0.3 is 0 Å². The lowest BCUT2D eigenvalue weighted by atomic mass is 10.2. The minimum absolute atomic E-state index is 0.277. The van der Waals surface area contributed by atoms with Crippen molar-refractivity contribution in [3.05, 3.63) is 96.3 Å². The highest BCUT2D eigenvalue weighted by atomic mass is 16.3. The molecule has 8 heteroatoms. The number of nitrogens with zero attached hydrogens (tertiary/aromatic N) is 3. The van der Waals surface area contributed by atoms with Gasteiger partial charge in [-0.2, -0.15) is 0 Å². The first-order chi connectivity index (χ1) is 16.1. The van der Waals surface area contributed by atoms with Gasteiger partial charge in [0.25, 0.3) is 5.91 Å². The van der Waals surface area contributed by atoms with Crippen molar-refractivity contribution in [1.29, 1.82) is 0 Å². The number of rotatable bonds is 7. The lowest BCUT2D eigenvalue weighted by Crippen LogP contribution is -2.38. The first-order valence-electron chi connectivity index (χ1n) is 10.6. The van der Waals surface area contributed by atoms with E-state index in [0.717, 1.165) is 28.6 Å². The van der Waals surface area contributed by atoms with E-state index in [4.69, 9.17) is 4.42 Å². The Morgan fingerprint density at radius 3 is 2.58 bits per heavy atom. The molecule has 1 amide bonds. The second-order valence-corrected chi connectivity index (χ2v) is 7.49. The van der Waals surface area contributed by atoms with Crippen molar-refractivity contribution in [2.45, 2.75) is 13.1 Å². The molecule has 2 aromatic carbocycles. The van der Waals surface area contributed by atoms with Gasteiger partial charge in [-0.25, -0.2) is 4.98 Å². The average molecular weight is 443 g/mol. The number of nitrogens with one attached hydrogen (secondary N) is 3. The van der Waals surface area contributed by atoms with Crippen molar-refractivity contribution in [3.63, 3.8) is 0 Å². The molecule has 0 unspecified atom stereocenters. The van der Waals surface area contributed by atoms with Gasteiger partial charge in [-0.15, -0.1) is 0 Å². The monoisotopic (exact) mass is 442 g/mol. The normalized spacial score (nSPS) is 11.3. The highest BCUT2D eigenvalue weighted by molar-refractivity contribution is 6.02. The minimum Gasteiger partial charge on any atom is -0.459 e. The first kappa shape index (κ1) is 21.9. The Kier molecular flexibility index (Phi) is 6.84. The van der Waals surface area contributed by atoms with E-state index in [0.29, 0.717) is 18.8 Å². The summed E-state index contributed by atoms with van der Waals surface area (Å²) in [6.07, 6.45) is 3.32. The number of hydrogen-bond donors (Lipinski definition) is 3. The lowest BCUT2D eigenvalue weighted by Gasteiger charge is -2.21. The van der Waals surface area contributed by atoms with Crippen LogP contribution in [0, 0.1) is 0 Å². The highest BCUT2D eigenvalue weighted by Crippen LogP contribution is 2.16. The van der Waals surface area contributed by atoms with Crippen LogP contribution in [0.4, 0.5) is 5.69 Å². The maximum atomic E-state index is 12.1. The number of carbonyl (C=O) groups excluding carboxylic acids is 1. The number of furan rings is 1. The first-order valence-corrected chi connectivity index (χ1v) is 10.6. The Bertz CT molecular complexity index is 1200. The molecule has 0 fully saturated rings. The number of aromatic nitrogens is 2. The fourth-order valence-corrected chi connectivity index (χ4v) is 3.38. The van der Waals surface area contributed by atoms with E-state index < -0.39 is 0 Å². The maximum Gasteiger partial charge on any atom is 0.291 e. The van der Waals surface area contributed by atoms with Crippen molar-refractivity contribution in [2.24, 2.45) is 4.99 Å². The van der Waals surface area contributed by atoms with Gasteiger partial charge in [-0.05, 0) is 35.4 Å². The van der Waals surface area contributed by atoms with Crippen LogP contribution in [0.2, 0.25) is 0 Å². The Hall–Kier alpha value is -4.33. The number of aromatic amines is 1. The molecule has 0 atom stereocenters. The molecule has 8 nitrogen and oxygen atoms in total. The Morgan fingerprint density at radius 2 is 1.88 bits per heavy atom. The zero-order chi connectivity index (χ0) is 23.0. The zero-order valence-corrected chi connectivity index (χ0v) is 18.6. The van der Waals surface area contributed by atoms with Crippen molar-refractivity contribution < 1.29 is 9.21 Å². The quantitative estimate of drug-likeness (QED) is 0.295. The zero-order valence-electron chi connectivity index (χ0n) is 18.6. The molecule has 4 rings (SSSR count). The number of guanidine groups is 1. The van der Waals surface area contributed by atoms with Gasteiger partial charge in [0.1, 0.15) is 5.82 Å². The van der Waals surface area contributed by atoms with Crippen LogP contribution in [-0.4, -0.2) is 40.8 Å². The summed E-state index contributed by atoms with van der Waals surface area (Å²) in [4.78, 5) is 26.3. The third-order valence-electron chi connectivity index (χ3n) is 5.08. The smallest absolute Gasteiger partial charge is 0.291 e. The summed E-state index contributed by atoms with van der Waals surface area (Å²) in [7, 11) is 3.72. The minimum atomic E-state index is -0.277. The Balaban J connectivity index is 1.30. The van der Waals surface area contributed by atoms with Gasteiger partial charge in [-0.1, -0.05) is 42.5 Å². The number of amides is 1. The van der Waals surface area contributed by atoms with E-state index in [1.807, 2.05) is 60.6 Å². The topological polar surface area (TPSA) is 98.5 Å². The van der Waals surface area contributed by atoms with Gasteiger partial charge < -0.3 is 24.9 Å². The largest absolute Gasteiger partial charge is 0.459 e. The van der Waals surface area contributed by atoms with E-state index in [-0.39, 0.29) is 11.7 Å². The average Bonchev–Trinajstić information content (AvgIpc) is 3.54. The number of benzene rings is 2. The molecule has 0 bridgehead atoms. The molecule has 2 aromatic heterocycles. The number of hydrogen-bond acceptors (Lipinski definition) is 4. The highest BCUT2D eigenvalue weighted by Gasteiger charge is 2.11. The van der Waals surface area contributed by atoms with Gasteiger partial charge in [-0.3, -0.25) is 9.79 Å². The van der Waals surface area contributed by atoms with E-state index in [1.54, 1.807) is 19.2 Å². The van der Waals surface area contributed by atoms with Gasteiger partial charge in [0.2, 0.25) is 0 Å². The molecule has 0 saturated heterocycles. The van der Waals surface area contributed by atoms with Gasteiger partial charge in [0.05, 0.1) is 24.7 Å². The molecule has 0 aliphatic rings. The fourth-order valence-electron chi connectivity index (χ4n) is 3.38. The molecule has 4 aromatic rings. The summed E-state index contributed by atoms with van der Waals surface area (Å²) in [6, 6.07) is 21.0. The number of aliphatic imine (C=N–C) groups is 1. The van der Waals surface area contributed by atoms with Crippen molar-refractivity contribution >= 4 is 17.6 Å². The number of carbonyl (C=O) groups is 1. The summed E-state index contributed by atoms with van der Waals surface area (Å²) in [5.74, 6) is 1.61. The number of anilines is 1. The van der Waals surface area contributed by atoms with Crippen LogP contribution >= 0.6 is 0 Å². The molecular formula is C25H26N6O2. The summed E-state index contributed by atoms with van der Waals surface area (Å²) in [6.45, 7) is 1.18. The van der Waals surface area contributed by atoms with Gasteiger partial charge in [0, 0.05) is 26.3 Å². The van der Waals surface area contributed by atoms with E-state index in [9.17, 15) is 4.79 Å². The molecular weight excluding hydrogens is 416 g/mol. The molecule has 0 spiro atoms. The molecule has 0 radical (unpaired) electrons. The molecule has 2 heterocycles. The lowest BCUT2D eigenvalue weighted by molar-refractivity contribution is 0.0996. The van der Waals surface area contributed by atoms with Crippen LogP contribution in [0.3, 0.4) is 0 Å². The third-order valence-corrected chi connectivity index (χ3v) is 5.08. The predicted octanol–water partition coefficient (Wildman–Crippen LogP) is 4.13.